The molecule has 1 fully saturated rings. The Morgan fingerprint density at radius 2 is 1.39 bits per heavy atom. The fourth-order valence-electron chi connectivity index (χ4n) is 3.86. The molecule has 0 atom stereocenters. The lowest BCUT2D eigenvalue weighted by atomic mass is 10.1. The third-order valence-electron chi connectivity index (χ3n) is 5.67. The predicted molar refractivity (Wildman–Crippen MR) is 135 cm³/mol. The summed E-state index contributed by atoms with van der Waals surface area (Å²) in [7, 11) is 0. The standard InChI is InChI=1S/C27H29N3O2S/c31-26(28-25-9-5-2-6-10-25)21-33-20-23-11-13-24(14-12-23)27(32)30-17-15-29(16-18-30)19-22-7-3-1-4-8-22/h1-14H,15-21H2,(H,28,31). The quantitative estimate of drug-likeness (QED) is 0.538. The van der Waals surface area contributed by atoms with E-state index in [0.717, 1.165) is 55.3 Å². The van der Waals surface area contributed by atoms with Gasteiger partial charge in [0.2, 0.25) is 5.91 Å². The maximum absolute atomic E-state index is 12.9. The van der Waals surface area contributed by atoms with Crippen LogP contribution in [0, 0.1) is 0 Å². The number of benzene rings is 3. The number of anilines is 1. The maximum Gasteiger partial charge on any atom is 0.253 e. The van der Waals surface area contributed by atoms with Gasteiger partial charge in [0.05, 0.1) is 5.75 Å². The number of carbonyl (C=O) groups excluding carboxylic acids is 2. The molecule has 1 aliphatic rings. The van der Waals surface area contributed by atoms with E-state index >= 15 is 0 Å². The summed E-state index contributed by atoms with van der Waals surface area (Å²) in [5.41, 5.74) is 3.95. The summed E-state index contributed by atoms with van der Waals surface area (Å²) in [6, 6.07) is 27.7. The van der Waals surface area contributed by atoms with E-state index in [1.54, 1.807) is 11.8 Å². The lowest BCUT2D eigenvalue weighted by molar-refractivity contribution is -0.113. The van der Waals surface area contributed by atoms with Crippen LogP contribution in [0.15, 0.2) is 84.9 Å². The van der Waals surface area contributed by atoms with Crippen molar-refractivity contribution >= 4 is 29.3 Å². The highest BCUT2D eigenvalue weighted by atomic mass is 32.2. The molecule has 1 heterocycles. The van der Waals surface area contributed by atoms with Gasteiger partial charge in [-0.25, -0.2) is 0 Å². The zero-order chi connectivity index (χ0) is 22.9. The molecule has 1 aliphatic heterocycles. The van der Waals surface area contributed by atoms with Crippen LogP contribution in [-0.4, -0.2) is 53.5 Å². The molecule has 0 saturated carbocycles. The molecule has 33 heavy (non-hydrogen) atoms. The first-order chi connectivity index (χ1) is 16.2. The van der Waals surface area contributed by atoms with Gasteiger partial charge in [0.25, 0.3) is 5.91 Å². The fraction of sp³-hybridized carbons (Fsp3) is 0.259. The summed E-state index contributed by atoms with van der Waals surface area (Å²) < 4.78 is 0. The number of amides is 2. The minimum Gasteiger partial charge on any atom is -0.336 e. The molecule has 3 aromatic rings. The summed E-state index contributed by atoms with van der Waals surface area (Å²) in [6.45, 7) is 4.21. The average molecular weight is 460 g/mol. The van der Waals surface area contributed by atoms with Gasteiger partial charge < -0.3 is 10.2 Å². The third-order valence-corrected chi connectivity index (χ3v) is 6.67. The van der Waals surface area contributed by atoms with E-state index < -0.39 is 0 Å². The van der Waals surface area contributed by atoms with Crippen molar-refractivity contribution in [3.8, 4) is 0 Å². The fourth-order valence-corrected chi connectivity index (χ4v) is 4.64. The normalized spacial score (nSPS) is 14.1. The number of nitrogens with one attached hydrogen (secondary N) is 1. The summed E-state index contributed by atoms with van der Waals surface area (Å²) in [4.78, 5) is 29.3. The molecule has 4 rings (SSSR count). The molecule has 170 valence electrons. The number of piperazine rings is 1. The van der Waals surface area contributed by atoms with Gasteiger partial charge in [0.15, 0.2) is 0 Å². The molecule has 5 nitrogen and oxygen atoms in total. The van der Waals surface area contributed by atoms with Crippen LogP contribution in [-0.2, 0) is 17.1 Å². The number of para-hydroxylation sites is 1. The summed E-state index contributed by atoms with van der Waals surface area (Å²) in [6.07, 6.45) is 0. The lowest BCUT2D eigenvalue weighted by Gasteiger charge is -2.34. The first-order valence-electron chi connectivity index (χ1n) is 11.2. The van der Waals surface area contributed by atoms with E-state index in [4.69, 9.17) is 0 Å². The van der Waals surface area contributed by atoms with Crippen molar-refractivity contribution in [2.24, 2.45) is 0 Å². The predicted octanol–water partition coefficient (Wildman–Crippen LogP) is 4.52. The molecule has 2 amide bonds. The Bertz CT molecular complexity index is 1030. The Hall–Kier alpha value is -3.09. The summed E-state index contributed by atoms with van der Waals surface area (Å²) in [5, 5.41) is 2.89. The van der Waals surface area contributed by atoms with Gasteiger partial charge in [-0.1, -0.05) is 60.7 Å². The van der Waals surface area contributed by atoms with Gasteiger partial charge >= 0.3 is 0 Å². The number of hydrogen-bond acceptors (Lipinski definition) is 4. The van der Waals surface area contributed by atoms with Crippen molar-refractivity contribution < 1.29 is 9.59 Å². The van der Waals surface area contributed by atoms with Gasteiger partial charge in [0, 0.05) is 49.7 Å². The molecular weight excluding hydrogens is 430 g/mol. The Morgan fingerprint density at radius 3 is 2.06 bits per heavy atom. The van der Waals surface area contributed by atoms with Crippen LogP contribution in [0.5, 0.6) is 0 Å². The second kappa shape index (κ2) is 11.7. The highest BCUT2D eigenvalue weighted by Gasteiger charge is 2.22. The van der Waals surface area contributed by atoms with E-state index in [2.05, 4.69) is 34.5 Å². The Labute approximate surface area is 199 Å². The number of nitrogens with zero attached hydrogens (tertiary/aromatic N) is 2. The van der Waals surface area contributed by atoms with Crippen LogP contribution in [0.4, 0.5) is 5.69 Å². The SMILES string of the molecule is O=C(CSCc1ccc(C(=O)N2CCN(Cc3ccccc3)CC2)cc1)Nc1ccccc1. The average Bonchev–Trinajstić information content (AvgIpc) is 2.86. The van der Waals surface area contributed by atoms with Crippen molar-refractivity contribution in [1.29, 1.82) is 0 Å². The Morgan fingerprint density at radius 1 is 0.758 bits per heavy atom. The zero-order valence-corrected chi connectivity index (χ0v) is 19.5. The van der Waals surface area contributed by atoms with Crippen LogP contribution in [0.25, 0.3) is 0 Å². The molecule has 1 N–H and O–H groups in total. The highest BCUT2D eigenvalue weighted by molar-refractivity contribution is 7.99. The van der Waals surface area contributed by atoms with Gasteiger partial charge in [-0.2, -0.15) is 0 Å². The van der Waals surface area contributed by atoms with Crippen molar-refractivity contribution in [2.45, 2.75) is 12.3 Å². The highest BCUT2D eigenvalue weighted by Crippen LogP contribution is 2.16. The van der Waals surface area contributed by atoms with E-state index in [-0.39, 0.29) is 11.8 Å². The Balaban J connectivity index is 1.19. The van der Waals surface area contributed by atoms with Crippen molar-refractivity contribution in [3.05, 3.63) is 102 Å². The van der Waals surface area contributed by atoms with E-state index in [1.807, 2.05) is 65.6 Å². The number of thioether (sulfide) groups is 1. The van der Waals surface area contributed by atoms with Gasteiger partial charge in [-0.3, -0.25) is 14.5 Å². The molecule has 6 heteroatoms. The lowest BCUT2D eigenvalue weighted by Crippen LogP contribution is -2.48. The number of rotatable bonds is 8. The minimum atomic E-state index is -0.00981. The van der Waals surface area contributed by atoms with Crippen molar-refractivity contribution in [2.75, 3.05) is 37.2 Å². The van der Waals surface area contributed by atoms with Crippen molar-refractivity contribution in [1.82, 2.24) is 9.80 Å². The molecule has 3 aromatic carbocycles. The third kappa shape index (κ3) is 6.94. The minimum absolute atomic E-state index is 0.00981. The Kier molecular flexibility index (Phi) is 8.17. The monoisotopic (exact) mass is 459 g/mol. The van der Waals surface area contributed by atoms with Crippen LogP contribution in [0.3, 0.4) is 0 Å². The molecule has 0 unspecified atom stereocenters. The summed E-state index contributed by atoms with van der Waals surface area (Å²) >= 11 is 1.56. The van der Waals surface area contributed by atoms with Crippen LogP contribution in [0.1, 0.15) is 21.5 Å². The second-order valence-corrected chi connectivity index (χ2v) is 9.14. The molecule has 0 bridgehead atoms. The molecule has 0 aromatic heterocycles. The molecular formula is C27H29N3O2S. The zero-order valence-electron chi connectivity index (χ0n) is 18.7. The van der Waals surface area contributed by atoms with Crippen molar-refractivity contribution in [3.63, 3.8) is 0 Å². The molecule has 0 radical (unpaired) electrons. The molecule has 0 spiro atoms. The number of hydrogen-bond donors (Lipinski definition) is 1. The van der Waals surface area contributed by atoms with Crippen LogP contribution in [0.2, 0.25) is 0 Å². The van der Waals surface area contributed by atoms with Crippen LogP contribution >= 0.6 is 11.8 Å². The van der Waals surface area contributed by atoms with E-state index in [1.165, 1.54) is 5.56 Å². The smallest absolute Gasteiger partial charge is 0.253 e. The molecule has 0 aliphatic carbocycles. The van der Waals surface area contributed by atoms with E-state index in [9.17, 15) is 9.59 Å². The first kappa shape index (κ1) is 23.1. The van der Waals surface area contributed by atoms with Crippen LogP contribution < -0.4 is 5.32 Å². The maximum atomic E-state index is 12.9. The topological polar surface area (TPSA) is 52.7 Å². The summed E-state index contributed by atoms with van der Waals surface area (Å²) in [5.74, 6) is 1.21. The van der Waals surface area contributed by atoms with Gasteiger partial charge in [0.1, 0.15) is 0 Å². The largest absolute Gasteiger partial charge is 0.336 e. The van der Waals surface area contributed by atoms with Gasteiger partial charge in [-0.05, 0) is 35.4 Å². The van der Waals surface area contributed by atoms with Gasteiger partial charge in [-0.15, -0.1) is 11.8 Å². The molecule has 1 saturated heterocycles. The first-order valence-corrected chi connectivity index (χ1v) is 12.4. The second-order valence-electron chi connectivity index (χ2n) is 8.16. The number of carbonyl (C=O) groups is 2. The van der Waals surface area contributed by atoms with E-state index in [0.29, 0.717) is 5.75 Å².